The fourth-order valence-electron chi connectivity index (χ4n) is 3.30. The molecule has 9 heteroatoms. The van der Waals surface area contributed by atoms with E-state index in [1.807, 2.05) is 38.1 Å². The first-order valence-corrected chi connectivity index (χ1v) is 9.43. The molecule has 1 N–H and O–H groups in total. The summed E-state index contributed by atoms with van der Waals surface area (Å²) >= 11 is 0. The largest absolute Gasteiger partial charge is 0.490 e. The quantitative estimate of drug-likeness (QED) is 0.320. The summed E-state index contributed by atoms with van der Waals surface area (Å²) in [6.07, 6.45) is 0.437. The predicted molar refractivity (Wildman–Crippen MR) is 111 cm³/mol. The molecule has 0 bridgehead atoms. The highest BCUT2D eigenvalue weighted by atomic mass is 16.6. The van der Waals surface area contributed by atoms with Crippen molar-refractivity contribution in [3.63, 3.8) is 0 Å². The molecule has 2 aromatic rings. The molecule has 9 nitrogen and oxygen atoms in total. The fourth-order valence-corrected chi connectivity index (χ4v) is 3.30. The number of methoxy groups -OCH3 is 1. The van der Waals surface area contributed by atoms with Gasteiger partial charge in [0.15, 0.2) is 5.75 Å². The van der Waals surface area contributed by atoms with Crippen LogP contribution in [0.2, 0.25) is 0 Å². The number of nitrogens with one attached hydrogen (secondary N) is 1. The molecule has 0 atom stereocenters. The Balaban J connectivity index is 1.62. The second-order valence-electron chi connectivity index (χ2n) is 7.36. The number of nitrogens with zero attached hydrogens (tertiary/aromatic N) is 2. The van der Waals surface area contributed by atoms with Gasteiger partial charge in [0, 0.05) is 18.7 Å². The smallest absolute Gasteiger partial charge is 0.338 e. The monoisotopic (exact) mass is 413 g/mol. The van der Waals surface area contributed by atoms with E-state index in [-0.39, 0.29) is 29.5 Å². The van der Waals surface area contributed by atoms with Gasteiger partial charge in [0.25, 0.3) is 5.91 Å². The number of carbonyl (C=O) groups is 2. The highest BCUT2D eigenvalue weighted by Gasteiger charge is 2.38. The molecule has 0 spiro atoms. The summed E-state index contributed by atoms with van der Waals surface area (Å²) in [5.41, 5.74) is 0.848. The maximum absolute atomic E-state index is 12.8. The maximum Gasteiger partial charge on any atom is 0.338 e. The number of nitro benzene ring substituents is 1. The van der Waals surface area contributed by atoms with E-state index in [9.17, 15) is 19.7 Å². The van der Waals surface area contributed by atoms with Gasteiger partial charge in [-0.2, -0.15) is 0 Å². The Morgan fingerprint density at radius 2 is 1.97 bits per heavy atom. The van der Waals surface area contributed by atoms with Crippen molar-refractivity contribution < 1.29 is 24.0 Å². The summed E-state index contributed by atoms with van der Waals surface area (Å²) in [5.74, 6) is -0.692. The van der Waals surface area contributed by atoms with E-state index in [0.29, 0.717) is 13.0 Å². The van der Waals surface area contributed by atoms with Gasteiger partial charge in [-0.25, -0.2) is 4.79 Å². The van der Waals surface area contributed by atoms with Gasteiger partial charge in [-0.3, -0.25) is 14.9 Å². The van der Waals surface area contributed by atoms with Crippen LogP contribution < -0.4 is 15.0 Å². The molecule has 1 aliphatic heterocycles. The lowest BCUT2D eigenvalue weighted by Crippen LogP contribution is -2.54. The van der Waals surface area contributed by atoms with Crippen LogP contribution in [0.5, 0.6) is 5.75 Å². The van der Waals surface area contributed by atoms with Crippen molar-refractivity contribution in [2.75, 3.05) is 30.5 Å². The Morgan fingerprint density at radius 3 is 2.67 bits per heavy atom. The van der Waals surface area contributed by atoms with Crippen LogP contribution in [-0.2, 0) is 9.53 Å². The zero-order chi connectivity index (χ0) is 21.9. The summed E-state index contributed by atoms with van der Waals surface area (Å²) in [5, 5.41) is 14.2. The van der Waals surface area contributed by atoms with Crippen molar-refractivity contribution in [3.8, 4) is 5.75 Å². The molecule has 1 heterocycles. The molecule has 1 aliphatic rings. The highest BCUT2D eigenvalue weighted by Crippen LogP contribution is 2.35. The van der Waals surface area contributed by atoms with Crippen molar-refractivity contribution in [2.45, 2.75) is 25.8 Å². The molecular formula is C21H23N3O6. The number of nitro groups is 1. The Bertz CT molecular complexity index is 988. The van der Waals surface area contributed by atoms with Gasteiger partial charge in [-0.15, -0.1) is 0 Å². The van der Waals surface area contributed by atoms with Crippen molar-refractivity contribution in [2.24, 2.45) is 0 Å². The minimum atomic E-state index is -0.736. The summed E-state index contributed by atoms with van der Waals surface area (Å²) in [6, 6.07) is 11.3. The zero-order valence-corrected chi connectivity index (χ0v) is 17.0. The van der Waals surface area contributed by atoms with E-state index in [0.717, 1.165) is 11.4 Å². The third-order valence-corrected chi connectivity index (χ3v) is 4.79. The number of esters is 1. The lowest BCUT2D eigenvalue weighted by atomic mass is 9.98. The number of para-hydroxylation sites is 2. The number of hydrogen-bond donors (Lipinski definition) is 1. The fraction of sp³-hybridized carbons (Fsp3) is 0.333. The number of fused-ring (bicyclic) bond motifs is 1. The molecule has 30 heavy (non-hydrogen) atoms. The molecule has 158 valence electrons. The van der Waals surface area contributed by atoms with Crippen LogP contribution in [0.1, 0.15) is 30.6 Å². The van der Waals surface area contributed by atoms with E-state index in [1.165, 1.54) is 25.3 Å². The van der Waals surface area contributed by atoms with Crippen LogP contribution in [-0.4, -0.2) is 42.6 Å². The van der Waals surface area contributed by atoms with Crippen LogP contribution in [0.3, 0.4) is 0 Å². The minimum absolute atomic E-state index is 0.0142. The number of ether oxygens (including phenoxy) is 2. The molecule has 0 fully saturated rings. The van der Waals surface area contributed by atoms with Crippen LogP contribution in [0.15, 0.2) is 42.5 Å². The van der Waals surface area contributed by atoms with Gasteiger partial charge >= 0.3 is 11.7 Å². The number of hydrogen-bond acceptors (Lipinski definition) is 7. The Hall–Kier alpha value is -3.62. The first kappa shape index (κ1) is 21.1. The molecule has 2 aromatic carbocycles. The van der Waals surface area contributed by atoms with Crippen molar-refractivity contribution in [1.82, 2.24) is 0 Å². The first-order valence-electron chi connectivity index (χ1n) is 9.43. The molecule has 0 aromatic heterocycles. The normalized spacial score (nSPS) is 14.5. The number of carbonyl (C=O) groups excluding carboxylic acids is 2. The average Bonchev–Trinajstić information content (AvgIpc) is 2.72. The molecule has 1 amide bonds. The van der Waals surface area contributed by atoms with Gasteiger partial charge in [0.1, 0.15) is 5.54 Å². The van der Waals surface area contributed by atoms with E-state index in [4.69, 9.17) is 9.47 Å². The lowest BCUT2D eigenvalue weighted by molar-refractivity contribution is -0.385. The van der Waals surface area contributed by atoms with E-state index in [1.54, 1.807) is 4.90 Å². The Morgan fingerprint density at radius 1 is 1.23 bits per heavy atom. The first-order chi connectivity index (χ1) is 14.2. The highest BCUT2D eigenvalue weighted by molar-refractivity contribution is 6.07. The van der Waals surface area contributed by atoms with Crippen LogP contribution in [0, 0.1) is 10.1 Å². The van der Waals surface area contributed by atoms with Crippen LogP contribution >= 0.6 is 0 Å². The molecule has 0 aliphatic carbocycles. The Kier molecular flexibility index (Phi) is 5.91. The van der Waals surface area contributed by atoms with Crippen LogP contribution in [0.4, 0.5) is 17.1 Å². The molecular weight excluding hydrogens is 390 g/mol. The predicted octanol–water partition coefficient (Wildman–Crippen LogP) is 3.39. The molecule has 0 saturated carbocycles. The van der Waals surface area contributed by atoms with E-state index in [2.05, 4.69) is 5.32 Å². The third-order valence-electron chi connectivity index (χ3n) is 4.79. The number of rotatable bonds is 7. The SMILES string of the molecule is COc1cc(C(=O)OCCCN2C(=O)C(C)(C)Nc3ccccc32)ccc1[N+](=O)[O-]. The Labute approximate surface area is 173 Å². The summed E-state index contributed by atoms with van der Waals surface area (Å²) < 4.78 is 10.2. The lowest BCUT2D eigenvalue weighted by Gasteiger charge is -2.39. The average molecular weight is 413 g/mol. The van der Waals surface area contributed by atoms with Gasteiger partial charge in [0.05, 0.1) is 35.6 Å². The summed E-state index contributed by atoms with van der Waals surface area (Å²) in [6.45, 7) is 4.12. The number of benzene rings is 2. The molecule has 0 saturated heterocycles. The van der Waals surface area contributed by atoms with Gasteiger partial charge < -0.3 is 19.7 Å². The topological polar surface area (TPSA) is 111 Å². The van der Waals surface area contributed by atoms with E-state index < -0.39 is 16.4 Å². The molecule has 0 unspecified atom stereocenters. The zero-order valence-electron chi connectivity index (χ0n) is 17.0. The summed E-state index contributed by atoms with van der Waals surface area (Å²) in [4.78, 5) is 37.1. The van der Waals surface area contributed by atoms with E-state index >= 15 is 0 Å². The van der Waals surface area contributed by atoms with Gasteiger partial charge in [-0.05, 0) is 38.5 Å². The summed E-state index contributed by atoms with van der Waals surface area (Å²) in [7, 11) is 1.29. The maximum atomic E-state index is 12.8. The van der Waals surface area contributed by atoms with Crippen molar-refractivity contribution in [3.05, 3.63) is 58.1 Å². The minimum Gasteiger partial charge on any atom is -0.490 e. The molecule has 3 rings (SSSR count). The number of amides is 1. The van der Waals surface area contributed by atoms with Gasteiger partial charge in [0.2, 0.25) is 0 Å². The van der Waals surface area contributed by atoms with Gasteiger partial charge in [-0.1, -0.05) is 12.1 Å². The van der Waals surface area contributed by atoms with Crippen LogP contribution in [0.25, 0.3) is 0 Å². The third kappa shape index (κ3) is 4.19. The van der Waals surface area contributed by atoms with Crippen molar-refractivity contribution in [1.29, 1.82) is 0 Å². The second-order valence-corrected chi connectivity index (χ2v) is 7.36. The van der Waals surface area contributed by atoms with Crippen molar-refractivity contribution >= 4 is 28.9 Å². The standard InChI is InChI=1S/C21H23N3O6/c1-21(2)20(26)23(16-8-5-4-7-15(16)22-21)11-6-12-30-19(25)14-9-10-17(24(27)28)18(13-14)29-3/h4-5,7-10,13,22H,6,11-12H2,1-3H3. The number of anilines is 2. The second kappa shape index (κ2) is 8.40. The molecule has 0 radical (unpaired) electrons.